The molecule has 102 valence electrons. The van der Waals surface area contributed by atoms with Gasteiger partial charge in [-0.3, -0.25) is 0 Å². The van der Waals surface area contributed by atoms with Crippen LogP contribution in [0.3, 0.4) is 0 Å². The number of carbonyl (C=O) groups is 1. The lowest BCUT2D eigenvalue weighted by Crippen LogP contribution is -2.46. The van der Waals surface area contributed by atoms with Gasteiger partial charge in [-0.15, -0.1) is 0 Å². The molecule has 1 heterocycles. The summed E-state index contributed by atoms with van der Waals surface area (Å²) in [7, 11) is 1.21. The highest BCUT2D eigenvalue weighted by molar-refractivity contribution is 6.04. The van der Waals surface area contributed by atoms with Gasteiger partial charge in [-0.1, -0.05) is 5.16 Å². The fourth-order valence-corrected chi connectivity index (χ4v) is 1.80. The number of nitrogens with two attached hydrogens (primary N) is 1. The standard InChI is InChI=1S/C12H12F2N2O3/c1-18-11(17)12(6-15)5-10(16-19-12)7-2-3-8(13)9(14)4-7/h2-4H,5-6,15H2,1H3. The molecule has 0 spiro atoms. The molecular weight excluding hydrogens is 258 g/mol. The molecule has 0 amide bonds. The smallest absolute Gasteiger partial charge is 0.354 e. The molecule has 19 heavy (non-hydrogen) atoms. The molecule has 1 unspecified atom stereocenters. The minimum absolute atomic E-state index is 0.0429. The Kier molecular flexibility index (Phi) is 3.48. The van der Waals surface area contributed by atoms with Crippen molar-refractivity contribution in [3.8, 4) is 0 Å². The third-order valence-electron chi connectivity index (χ3n) is 2.92. The summed E-state index contributed by atoms with van der Waals surface area (Å²) >= 11 is 0. The van der Waals surface area contributed by atoms with Crippen LogP contribution in [0.25, 0.3) is 0 Å². The first-order valence-corrected chi connectivity index (χ1v) is 5.51. The van der Waals surface area contributed by atoms with Crippen molar-refractivity contribution in [1.82, 2.24) is 0 Å². The van der Waals surface area contributed by atoms with E-state index in [1.165, 1.54) is 13.2 Å². The van der Waals surface area contributed by atoms with Crippen molar-refractivity contribution in [3.05, 3.63) is 35.4 Å². The summed E-state index contributed by atoms with van der Waals surface area (Å²) in [5.41, 5.74) is 4.76. The minimum Gasteiger partial charge on any atom is -0.466 e. The average Bonchev–Trinajstić information content (AvgIpc) is 2.86. The molecule has 7 heteroatoms. The summed E-state index contributed by atoms with van der Waals surface area (Å²) in [5.74, 6) is -2.61. The van der Waals surface area contributed by atoms with E-state index in [2.05, 4.69) is 9.89 Å². The molecule has 1 aliphatic heterocycles. The first kappa shape index (κ1) is 13.4. The second-order valence-corrected chi connectivity index (χ2v) is 4.12. The molecule has 1 aromatic carbocycles. The molecule has 0 radical (unpaired) electrons. The van der Waals surface area contributed by atoms with Crippen molar-refractivity contribution in [3.63, 3.8) is 0 Å². The van der Waals surface area contributed by atoms with Crippen molar-refractivity contribution in [2.24, 2.45) is 10.9 Å². The van der Waals surface area contributed by atoms with Crippen LogP contribution in [-0.2, 0) is 14.4 Å². The Morgan fingerprint density at radius 3 is 2.84 bits per heavy atom. The number of methoxy groups -OCH3 is 1. The number of nitrogens with zero attached hydrogens (tertiary/aromatic N) is 1. The van der Waals surface area contributed by atoms with E-state index in [9.17, 15) is 13.6 Å². The quantitative estimate of drug-likeness (QED) is 0.830. The Morgan fingerprint density at radius 1 is 1.53 bits per heavy atom. The van der Waals surface area contributed by atoms with Crippen molar-refractivity contribution in [2.75, 3.05) is 13.7 Å². The molecule has 1 aromatic rings. The lowest BCUT2D eigenvalue weighted by molar-refractivity contribution is -0.165. The number of rotatable bonds is 3. The number of hydrogen-bond donors (Lipinski definition) is 1. The highest BCUT2D eigenvalue weighted by atomic mass is 19.2. The molecule has 2 rings (SSSR count). The Labute approximate surface area is 108 Å². The summed E-state index contributed by atoms with van der Waals surface area (Å²) in [5, 5.41) is 3.72. The van der Waals surface area contributed by atoms with E-state index in [0.29, 0.717) is 11.3 Å². The fourth-order valence-electron chi connectivity index (χ4n) is 1.80. The minimum atomic E-state index is -1.39. The monoisotopic (exact) mass is 270 g/mol. The maximum absolute atomic E-state index is 13.1. The van der Waals surface area contributed by atoms with E-state index in [-0.39, 0.29) is 13.0 Å². The zero-order valence-electron chi connectivity index (χ0n) is 10.2. The van der Waals surface area contributed by atoms with Gasteiger partial charge >= 0.3 is 5.97 Å². The van der Waals surface area contributed by atoms with Crippen LogP contribution in [0, 0.1) is 11.6 Å². The van der Waals surface area contributed by atoms with Crippen molar-refractivity contribution in [1.29, 1.82) is 0 Å². The van der Waals surface area contributed by atoms with Crippen LogP contribution in [0.4, 0.5) is 8.78 Å². The highest BCUT2D eigenvalue weighted by Gasteiger charge is 2.47. The summed E-state index contributed by atoms with van der Waals surface area (Å²) in [6.45, 7) is -0.129. The lowest BCUT2D eigenvalue weighted by atomic mass is 9.94. The maximum atomic E-state index is 13.1. The first-order chi connectivity index (χ1) is 9.02. The van der Waals surface area contributed by atoms with Crippen LogP contribution < -0.4 is 5.73 Å². The number of ether oxygens (including phenoxy) is 1. The van der Waals surface area contributed by atoms with Gasteiger partial charge in [0.05, 0.1) is 12.8 Å². The van der Waals surface area contributed by atoms with E-state index >= 15 is 0 Å². The number of oxime groups is 1. The second-order valence-electron chi connectivity index (χ2n) is 4.12. The summed E-state index contributed by atoms with van der Waals surface area (Å²) < 4.78 is 30.6. The zero-order valence-corrected chi connectivity index (χ0v) is 10.2. The van der Waals surface area contributed by atoms with E-state index in [4.69, 9.17) is 10.6 Å². The van der Waals surface area contributed by atoms with Gasteiger partial charge in [0.2, 0.25) is 0 Å². The third-order valence-corrected chi connectivity index (χ3v) is 2.92. The highest BCUT2D eigenvalue weighted by Crippen LogP contribution is 2.27. The fraction of sp³-hybridized carbons (Fsp3) is 0.333. The SMILES string of the molecule is COC(=O)C1(CN)CC(c2ccc(F)c(F)c2)=NO1. The first-order valence-electron chi connectivity index (χ1n) is 5.51. The van der Waals surface area contributed by atoms with Crippen LogP contribution in [0.5, 0.6) is 0 Å². The van der Waals surface area contributed by atoms with Gasteiger partial charge < -0.3 is 15.3 Å². The predicted molar refractivity (Wildman–Crippen MR) is 62.4 cm³/mol. The molecule has 0 saturated carbocycles. The van der Waals surface area contributed by atoms with Crippen LogP contribution in [0.15, 0.2) is 23.4 Å². The van der Waals surface area contributed by atoms with Crippen LogP contribution >= 0.6 is 0 Å². The molecule has 1 atom stereocenters. The van der Waals surface area contributed by atoms with E-state index in [0.717, 1.165) is 12.1 Å². The topological polar surface area (TPSA) is 73.9 Å². The zero-order chi connectivity index (χ0) is 14.0. The van der Waals surface area contributed by atoms with Crippen molar-refractivity contribution in [2.45, 2.75) is 12.0 Å². The molecule has 5 nitrogen and oxygen atoms in total. The van der Waals surface area contributed by atoms with E-state index < -0.39 is 23.2 Å². The van der Waals surface area contributed by atoms with Gasteiger partial charge in [0.15, 0.2) is 11.6 Å². The van der Waals surface area contributed by atoms with Crippen molar-refractivity contribution >= 4 is 11.7 Å². The Hall–Kier alpha value is -2.02. The van der Waals surface area contributed by atoms with Gasteiger partial charge in [0.1, 0.15) is 0 Å². The Balaban J connectivity index is 2.25. The van der Waals surface area contributed by atoms with Gasteiger partial charge in [0.25, 0.3) is 5.60 Å². The Morgan fingerprint density at radius 2 is 2.26 bits per heavy atom. The lowest BCUT2D eigenvalue weighted by Gasteiger charge is -2.21. The molecular formula is C12H12F2N2O3. The average molecular weight is 270 g/mol. The summed E-state index contributed by atoms with van der Waals surface area (Å²) in [4.78, 5) is 16.7. The molecule has 1 aliphatic rings. The number of halogens is 2. The van der Waals surface area contributed by atoms with Crippen LogP contribution in [0.1, 0.15) is 12.0 Å². The van der Waals surface area contributed by atoms with Crippen molar-refractivity contribution < 1.29 is 23.1 Å². The molecule has 0 aliphatic carbocycles. The Bertz CT molecular complexity index is 548. The second kappa shape index (κ2) is 4.93. The summed E-state index contributed by atoms with van der Waals surface area (Å²) in [6, 6.07) is 3.32. The van der Waals surface area contributed by atoms with E-state index in [1.54, 1.807) is 0 Å². The summed E-state index contributed by atoms with van der Waals surface area (Å²) in [6.07, 6.45) is 0.0429. The van der Waals surface area contributed by atoms with Gasteiger partial charge in [-0.25, -0.2) is 13.6 Å². The largest absolute Gasteiger partial charge is 0.466 e. The third kappa shape index (κ3) is 2.28. The normalized spacial score (nSPS) is 21.8. The molecule has 2 N–H and O–H groups in total. The molecule has 0 aromatic heterocycles. The van der Waals surface area contributed by atoms with Crippen LogP contribution in [0.2, 0.25) is 0 Å². The maximum Gasteiger partial charge on any atom is 0.354 e. The molecule has 0 saturated heterocycles. The number of benzene rings is 1. The molecule has 0 fully saturated rings. The number of carbonyl (C=O) groups excluding carboxylic acids is 1. The van der Waals surface area contributed by atoms with Gasteiger partial charge in [-0.05, 0) is 18.2 Å². The van der Waals surface area contributed by atoms with Gasteiger partial charge in [0, 0.05) is 18.5 Å². The number of hydrogen-bond acceptors (Lipinski definition) is 5. The van der Waals surface area contributed by atoms with Crippen LogP contribution in [-0.4, -0.2) is 30.9 Å². The van der Waals surface area contributed by atoms with E-state index in [1.807, 2.05) is 0 Å². The molecule has 0 bridgehead atoms. The van der Waals surface area contributed by atoms with Gasteiger partial charge in [-0.2, -0.15) is 0 Å². The predicted octanol–water partition coefficient (Wildman–Crippen LogP) is 0.960. The number of esters is 1.